The predicted molar refractivity (Wildman–Crippen MR) is 122 cm³/mol. The second kappa shape index (κ2) is 8.83. The number of rotatable bonds is 6. The normalized spacial score (nSPS) is 31.1. The Hall–Kier alpha value is -2.12. The Morgan fingerprint density at radius 3 is 2.15 bits per heavy atom. The lowest BCUT2D eigenvalue weighted by atomic mass is 9.72. The van der Waals surface area contributed by atoms with E-state index in [1.165, 1.54) is 0 Å². The van der Waals surface area contributed by atoms with Crippen molar-refractivity contribution in [3.8, 4) is 0 Å². The highest BCUT2D eigenvalue weighted by molar-refractivity contribution is 5.86. The Morgan fingerprint density at radius 2 is 1.62 bits per heavy atom. The molecule has 2 aliphatic carbocycles. The Morgan fingerprint density at radius 1 is 1.00 bits per heavy atom. The van der Waals surface area contributed by atoms with Crippen LogP contribution in [-0.4, -0.2) is 48.3 Å². The molecule has 0 spiro atoms. The van der Waals surface area contributed by atoms with Crippen LogP contribution in [0.3, 0.4) is 0 Å². The summed E-state index contributed by atoms with van der Waals surface area (Å²) in [6.07, 6.45) is -0.137. The third-order valence-corrected chi connectivity index (χ3v) is 6.97. The maximum Gasteiger partial charge on any atom is 0.344 e. The van der Waals surface area contributed by atoms with E-state index in [0.29, 0.717) is 12.8 Å². The standard InChI is InChI=1S/C26H40O8/c1-24(2,3)11-15(25(4,5)6)21(28)31-12-16(27)32-19-14-10-13-17(22(29)33-20(13)19)18(14)23(30)34-26(7,8)9/h13-15,17-20H,10-12H2,1-9H3. The molecule has 3 fully saturated rings. The van der Waals surface area contributed by atoms with Gasteiger partial charge in [0.2, 0.25) is 0 Å². The third kappa shape index (κ3) is 5.57. The second-order valence-corrected chi connectivity index (χ2v) is 13.3. The molecule has 0 aromatic carbocycles. The molecule has 0 amide bonds. The summed E-state index contributed by atoms with van der Waals surface area (Å²) in [5, 5.41) is 0. The Labute approximate surface area is 202 Å². The van der Waals surface area contributed by atoms with Gasteiger partial charge in [0.1, 0.15) is 17.8 Å². The molecule has 1 saturated heterocycles. The van der Waals surface area contributed by atoms with Crippen molar-refractivity contribution in [2.45, 2.75) is 93.0 Å². The molecular formula is C26H40O8. The van der Waals surface area contributed by atoms with Gasteiger partial charge >= 0.3 is 23.9 Å². The first-order valence-corrected chi connectivity index (χ1v) is 12.2. The van der Waals surface area contributed by atoms with E-state index in [1.54, 1.807) is 20.8 Å². The van der Waals surface area contributed by atoms with Crippen molar-refractivity contribution in [2.75, 3.05) is 6.61 Å². The molecule has 0 N–H and O–H groups in total. The van der Waals surface area contributed by atoms with Crippen LogP contribution in [0, 0.1) is 40.4 Å². The largest absolute Gasteiger partial charge is 0.460 e. The number of ether oxygens (including phenoxy) is 4. The lowest BCUT2D eigenvalue weighted by molar-refractivity contribution is -0.176. The number of carbonyl (C=O) groups is 4. The van der Waals surface area contributed by atoms with Crippen molar-refractivity contribution in [3.05, 3.63) is 0 Å². The van der Waals surface area contributed by atoms with Crippen LogP contribution in [0.4, 0.5) is 0 Å². The van der Waals surface area contributed by atoms with Gasteiger partial charge in [-0.2, -0.15) is 0 Å². The minimum Gasteiger partial charge on any atom is -0.460 e. The Balaban J connectivity index is 1.64. The molecule has 192 valence electrons. The molecule has 1 aliphatic heterocycles. The van der Waals surface area contributed by atoms with E-state index in [4.69, 9.17) is 18.9 Å². The molecule has 0 aromatic heterocycles. The topological polar surface area (TPSA) is 105 Å². The van der Waals surface area contributed by atoms with Crippen molar-refractivity contribution in [2.24, 2.45) is 40.4 Å². The first-order chi connectivity index (χ1) is 15.4. The van der Waals surface area contributed by atoms with Gasteiger partial charge in [-0.05, 0) is 44.4 Å². The maximum absolute atomic E-state index is 12.9. The summed E-state index contributed by atoms with van der Waals surface area (Å²) in [4.78, 5) is 50.8. The number of carbonyl (C=O) groups excluding carboxylic acids is 4. The molecule has 8 nitrogen and oxygen atoms in total. The van der Waals surface area contributed by atoms with Crippen LogP contribution >= 0.6 is 0 Å². The molecule has 34 heavy (non-hydrogen) atoms. The molecule has 7 atom stereocenters. The zero-order chi connectivity index (χ0) is 25.8. The maximum atomic E-state index is 12.9. The number of esters is 4. The fourth-order valence-corrected chi connectivity index (χ4v) is 5.61. The number of hydrogen-bond donors (Lipinski definition) is 0. The molecule has 2 bridgehead atoms. The first kappa shape index (κ1) is 26.5. The van der Waals surface area contributed by atoms with Crippen molar-refractivity contribution in [1.29, 1.82) is 0 Å². The molecule has 1 heterocycles. The van der Waals surface area contributed by atoms with Gasteiger partial charge in [-0.3, -0.25) is 14.4 Å². The van der Waals surface area contributed by atoms with E-state index in [-0.39, 0.29) is 28.6 Å². The van der Waals surface area contributed by atoms with E-state index in [9.17, 15) is 19.2 Å². The highest BCUT2D eigenvalue weighted by Gasteiger charge is 2.70. The predicted octanol–water partition coefficient (Wildman–Crippen LogP) is 3.69. The minimum atomic E-state index is -0.746. The first-order valence-electron chi connectivity index (χ1n) is 12.2. The van der Waals surface area contributed by atoms with Gasteiger partial charge in [0.05, 0.1) is 17.8 Å². The fourth-order valence-electron chi connectivity index (χ4n) is 5.61. The Kier molecular flexibility index (Phi) is 6.88. The molecule has 8 heteroatoms. The second-order valence-electron chi connectivity index (χ2n) is 13.3. The van der Waals surface area contributed by atoms with E-state index >= 15 is 0 Å². The van der Waals surface area contributed by atoms with Gasteiger partial charge in [-0.25, -0.2) is 4.79 Å². The van der Waals surface area contributed by atoms with Gasteiger partial charge in [0.15, 0.2) is 6.61 Å². The lowest BCUT2D eigenvalue weighted by Gasteiger charge is -2.34. The van der Waals surface area contributed by atoms with Gasteiger partial charge in [0, 0.05) is 11.8 Å². The third-order valence-electron chi connectivity index (χ3n) is 6.97. The van der Waals surface area contributed by atoms with Crippen LogP contribution in [0.25, 0.3) is 0 Å². The highest BCUT2D eigenvalue weighted by atomic mass is 16.6. The van der Waals surface area contributed by atoms with Crippen molar-refractivity contribution < 1.29 is 38.1 Å². The summed E-state index contributed by atoms with van der Waals surface area (Å²) in [6.45, 7) is 16.9. The van der Waals surface area contributed by atoms with Gasteiger partial charge < -0.3 is 18.9 Å². The molecule has 3 rings (SSSR count). The summed E-state index contributed by atoms with van der Waals surface area (Å²) in [6, 6.07) is 0. The summed E-state index contributed by atoms with van der Waals surface area (Å²) in [7, 11) is 0. The average Bonchev–Trinajstić information content (AvgIpc) is 3.25. The van der Waals surface area contributed by atoms with Gasteiger partial charge in [-0.15, -0.1) is 0 Å². The molecule has 7 unspecified atom stereocenters. The van der Waals surface area contributed by atoms with Crippen molar-refractivity contribution in [1.82, 2.24) is 0 Å². The summed E-state index contributed by atoms with van der Waals surface area (Å²) in [5.74, 6) is -4.22. The van der Waals surface area contributed by atoms with Gasteiger partial charge in [-0.1, -0.05) is 41.5 Å². The molecule has 0 radical (unpaired) electrons. The quantitative estimate of drug-likeness (QED) is 0.419. The summed E-state index contributed by atoms with van der Waals surface area (Å²) >= 11 is 0. The van der Waals surface area contributed by atoms with E-state index in [1.807, 2.05) is 20.8 Å². The van der Waals surface area contributed by atoms with Crippen LogP contribution in [0.1, 0.15) is 75.2 Å². The lowest BCUT2D eigenvalue weighted by Crippen LogP contribution is -2.45. The molecule has 2 saturated carbocycles. The van der Waals surface area contributed by atoms with Crippen LogP contribution in [0.15, 0.2) is 0 Å². The van der Waals surface area contributed by atoms with Crippen LogP contribution in [-0.2, 0) is 38.1 Å². The zero-order valence-corrected chi connectivity index (χ0v) is 21.9. The van der Waals surface area contributed by atoms with E-state index in [2.05, 4.69) is 20.8 Å². The number of hydrogen-bond acceptors (Lipinski definition) is 8. The minimum absolute atomic E-state index is 0.0832. The summed E-state index contributed by atoms with van der Waals surface area (Å²) in [5.41, 5.74) is -1.11. The SMILES string of the molecule is CC(C)(C)CC(C(=O)OCC(=O)OC1C2CC3C1OC(=O)C3C2C(=O)OC(C)(C)C)C(C)(C)C. The smallest absolute Gasteiger partial charge is 0.344 e. The average molecular weight is 481 g/mol. The fraction of sp³-hybridized carbons (Fsp3) is 0.846. The number of fused-ring (bicyclic) bond motifs is 1. The molecular weight excluding hydrogens is 440 g/mol. The highest BCUT2D eigenvalue weighted by Crippen LogP contribution is 2.59. The zero-order valence-electron chi connectivity index (χ0n) is 21.9. The van der Waals surface area contributed by atoms with Crippen molar-refractivity contribution in [3.63, 3.8) is 0 Å². The van der Waals surface area contributed by atoms with Crippen LogP contribution in [0.2, 0.25) is 0 Å². The van der Waals surface area contributed by atoms with Crippen LogP contribution in [0.5, 0.6) is 0 Å². The van der Waals surface area contributed by atoms with E-state index < -0.39 is 60.1 Å². The van der Waals surface area contributed by atoms with Gasteiger partial charge in [0.25, 0.3) is 0 Å². The summed E-state index contributed by atoms with van der Waals surface area (Å²) < 4.78 is 22.0. The molecule has 0 aromatic rings. The Bertz CT molecular complexity index is 840. The van der Waals surface area contributed by atoms with E-state index in [0.717, 1.165) is 0 Å². The monoisotopic (exact) mass is 480 g/mol. The van der Waals surface area contributed by atoms with Crippen LogP contribution < -0.4 is 0 Å². The van der Waals surface area contributed by atoms with Crippen molar-refractivity contribution >= 4 is 23.9 Å². The molecule has 3 aliphatic rings.